The van der Waals surface area contributed by atoms with Crippen molar-refractivity contribution in [1.82, 2.24) is 15.3 Å². The third-order valence-corrected chi connectivity index (χ3v) is 2.88. The number of nitrogens with one attached hydrogen (secondary N) is 1. The topological polar surface area (TPSA) is 72.0 Å². The number of hydrogen-bond acceptors (Lipinski definition) is 4. The highest BCUT2D eigenvalue weighted by atomic mass is 35.5. The normalized spacial score (nSPS) is 14.2. The number of hydrogen-bond donors (Lipinski definition) is 1. The van der Waals surface area contributed by atoms with Gasteiger partial charge in [0.1, 0.15) is 10.8 Å². The van der Waals surface area contributed by atoms with Crippen LogP contribution in [0.4, 0.5) is 0 Å². The first kappa shape index (κ1) is 13.1. The molecule has 0 saturated carbocycles. The molecule has 0 saturated heterocycles. The fourth-order valence-electron chi connectivity index (χ4n) is 1.12. The minimum Gasteiger partial charge on any atom is -0.347 e. The average molecular weight is 262 g/mol. The summed E-state index contributed by atoms with van der Waals surface area (Å²) in [5.74, 6) is 0.0642. The zero-order valence-corrected chi connectivity index (χ0v) is 10.5. The Morgan fingerprint density at radius 1 is 1.56 bits per heavy atom. The Morgan fingerprint density at radius 2 is 2.25 bits per heavy atom. The van der Waals surface area contributed by atoms with Crippen LogP contribution in [0, 0.1) is 0 Å². The fourth-order valence-corrected chi connectivity index (χ4v) is 2.01. The second-order valence-corrected chi connectivity index (χ2v) is 5.21. The lowest BCUT2D eigenvalue weighted by Gasteiger charge is -2.11. The van der Waals surface area contributed by atoms with Crippen molar-refractivity contribution in [2.24, 2.45) is 0 Å². The molecule has 2 unspecified atom stereocenters. The number of amides is 1. The highest BCUT2D eigenvalue weighted by Gasteiger charge is 2.12. The molecule has 88 valence electrons. The van der Waals surface area contributed by atoms with Crippen LogP contribution in [0.25, 0.3) is 0 Å². The monoisotopic (exact) mass is 261 g/mol. The summed E-state index contributed by atoms with van der Waals surface area (Å²) in [5.41, 5.74) is 0.193. The molecule has 2 atom stereocenters. The minimum absolute atomic E-state index is 0.171. The number of halogens is 1. The quantitative estimate of drug-likeness (QED) is 0.863. The van der Waals surface area contributed by atoms with Crippen molar-refractivity contribution in [2.45, 2.75) is 13.0 Å². The first-order valence-corrected chi connectivity index (χ1v) is 6.68. The van der Waals surface area contributed by atoms with Crippen LogP contribution < -0.4 is 5.32 Å². The van der Waals surface area contributed by atoms with Crippen molar-refractivity contribution in [1.29, 1.82) is 0 Å². The molecule has 1 N–H and O–H groups in total. The standard InChI is InChI=1S/C9H12ClN3O2S/c1-6(5-16(2)15)13-9(14)7-3-12-8(10)4-11-7/h3-4,6H,5H2,1-2H3,(H,13,14). The largest absolute Gasteiger partial charge is 0.347 e. The molecule has 0 fully saturated rings. The van der Waals surface area contributed by atoms with E-state index in [1.54, 1.807) is 13.2 Å². The predicted molar refractivity (Wildman–Crippen MR) is 62.9 cm³/mol. The third-order valence-electron chi connectivity index (χ3n) is 1.72. The number of aromatic nitrogens is 2. The van der Waals surface area contributed by atoms with E-state index < -0.39 is 10.8 Å². The molecule has 0 aliphatic rings. The van der Waals surface area contributed by atoms with Gasteiger partial charge in [-0.3, -0.25) is 9.00 Å². The van der Waals surface area contributed by atoms with E-state index in [0.29, 0.717) is 5.75 Å². The molecule has 1 amide bonds. The van der Waals surface area contributed by atoms with Crippen molar-refractivity contribution in [3.8, 4) is 0 Å². The van der Waals surface area contributed by atoms with Gasteiger partial charge < -0.3 is 5.32 Å². The predicted octanol–water partition coefficient (Wildman–Crippen LogP) is 0.627. The Labute approximate surface area is 101 Å². The molecule has 5 nitrogen and oxygen atoms in total. The molecule has 1 heterocycles. The zero-order valence-electron chi connectivity index (χ0n) is 8.94. The Hall–Kier alpha value is -1.01. The summed E-state index contributed by atoms with van der Waals surface area (Å²) in [7, 11) is -0.944. The van der Waals surface area contributed by atoms with Gasteiger partial charge in [-0.15, -0.1) is 0 Å². The Morgan fingerprint density at radius 3 is 2.75 bits per heavy atom. The van der Waals surface area contributed by atoms with Crippen molar-refractivity contribution in [3.63, 3.8) is 0 Å². The van der Waals surface area contributed by atoms with E-state index in [-0.39, 0.29) is 22.8 Å². The maximum Gasteiger partial charge on any atom is 0.271 e. The van der Waals surface area contributed by atoms with Crippen LogP contribution in [-0.2, 0) is 10.8 Å². The summed E-state index contributed by atoms with van der Waals surface area (Å²) in [6, 6.07) is -0.171. The number of rotatable bonds is 4. The Kier molecular flexibility index (Phi) is 4.82. The Balaban J connectivity index is 2.58. The molecule has 7 heteroatoms. The van der Waals surface area contributed by atoms with Crippen LogP contribution >= 0.6 is 11.6 Å². The lowest BCUT2D eigenvalue weighted by atomic mass is 10.3. The Bertz CT molecular complexity index is 396. The van der Waals surface area contributed by atoms with Gasteiger partial charge in [0.25, 0.3) is 5.91 Å². The van der Waals surface area contributed by atoms with E-state index in [1.807, 2.05) is 0 Å². The zero-order chi connectivity index (χ0) is 12.1. The lowest BCUT2D eigenvalue weighted by molar-refractivity contribution is 0.0938. The minimum atomic E-state index is -0.944. The molecule has 0 aromatic carbocycles. The first-order chi connectivity index (χ1) is 7.49. The van der Waals surface area contributed by atoms with Crippen molar-refractivity contribution >= 4 is 28.3 Å². The SMILES string of the molecule is CC(CS(C)=O)NC(=O)c1cnc(Cl)cn1. The third kappa shape index (κ3) is 4.24. The van der Waals surface area contributed by atoms with Crippen molar-refractivity contribution in [3.05, 3.63) is 23.2 Å². The molecule has 0 radical (unpaired) electrons. The van der Waals surface area contributed by atoms with E-state index in [2.05, 4.69) is 15.3 Å². The first-order valence-electron chi connectivity index (χ1n) is 4.57. The van der Waals surface area contributed by atoms with Gasteiger partial charge in [-0.2, -0.15) is 0 Å². The summed E-state index contributed by atoms with van der Waals surface area (Å²) >= 11 is 5.55. The molecular formula is C9H12ClN3O2S. The lowest BCUT2D eigenvalue weighted by Crippen LogP contribution is -2.36. The second kappa shape index (κ2) is 5.91. The van der Waals surface area contributed by atoms with Gasteiger partial charge in [-0.05, 0) is 6.92 Å². The molecule has 1 rings (SSSR count). The van der Waals surface area contributed by atoms with Gasteiger partial charge in [0.2, 0.25) is 0 Å². The summed E-state index contributed by atoms with van der Waals surface area (Å²) in [6.45, 7) is 1.78. The van der Waals surface area contributed by atoms with Gasteiger partial charge in [0.05, 0.1) is 12.4 Å². The van der Waals surface area contributed by atoms with Gasteiger partial charge in [-0.1, -0.05) is 11.6 Å². The van der Waals surface area contributed by atoms with Crippen LogP contribution in [0.2, 0.25) is 5.15 Å². The van der Waals surface area contributed by atoms with E-state index in [0.717, 1.165) is 0 Å². The fraction of sp³-hybridized carbons (Fsp3) is 0.444. The van der Waals surface area contributed by atoms with Crippen molar-refractivity contribution in [2.75, 3.05) is 12.0 Å². The maximum atomic E-state index is 11.6. The number of carbonyl (C=O) groups excluding carboxylic acids is 1. The van der Waals surface area contributed by atoms with Gasteiger partial charge in [-0.25, -0.2) is 9.97 Å². The van der Waals surface area contributed by atoms with Crippen LogP contribution in [0.1, 0.15) is 17.4 Å². The summed E-state index contributed by atoms with van der Waals surface area (Å²) in [5, 5.41) is 2.90. The number of carbonyl (C=O) groups is 1. The summed E-state index contributed by atoms with van der Waals surface area (Å²) in [4.78, 5) is 19.2. The van der Waals surface area contributed by atoms with Gasteiger partial charge in [0, 0.05) is 28.9 Å². The van der Waals surface area contributed by atoms with E-state index >= 15 is 0 Å². The second-order valence-electron chi connectivity index (χ2n) is 3.34. The molecule has 16 heavy (non-hydrogen) atoms. The van der Waals surface area contributed by atoms with Crippen LogP contribution in [0.15, 0.2) is 12.4 Å². The smallest absolute Gasteiger partial charge is 0.271 e. The molecule has 0 aliphatic heterocycles. The molecule has 0 spiro atoms. The van der Waals surface area contributed by atoms with E-state index in [1.165, 1.54) is 12.4 Å². The van der Waals surface area contributed by atoms with Crippen LogP contribution in [0.5, 0.6) is 0 Å². The van der Waals surface area contributed by atoms with Crippen LogP contribution in [-0.4, -0.2) is 38.1 Å². The van der Waals surface area contributed by atoms with Gasteiger partial charge in [0.15, 0.2) is 0 Å². The molecular weight excluding hydrogens is 250 g/mol. The molecule has 0 bridgehead atoms. The average Bonchev–Trinajstić information content (AvgIpc) is 2.16. The van der Waals surface area contributed by atoms with E-state index in [9.17, 15) is 9.00 Å². The highest BCUT2D eigenvalue weighted by molar-refractivity contribution is 7.84. The maximum absolute atomic E-state index is 11.6. The molecule has 1 aromatic heterocycles. The van der Waals surface area contributed by atoms with E-state index in [4.69, 9.17) is 11.6 Å². The number of nitrogens with zero attached hydrogens (tertiary/aromatic N) is 2. The highest BCUT2D eigenvalue weighted by Crippen LogP contribution is 2.01. The molecule has 1 aromatic rings. The summed E-state index contributed by atoms with van der Waals surface area (Å²) in [6.07, 6.45) is 4.19. The summed E-state index contributed by atoms with van der Waals surface area (Å²) < 4.78 is 10.9. The van der Waals surface area contributed by atoms with Crippen LogP contribution in [0.3, 0.4) is 0 Å². The van der Waals surface area contributed by atoms with Gasteiger partial charge >= 0.3 is 0 Å². The molecule has 0 aliphatic carbocycles. The van der Waals surface area contributed by atoms with Crippen molar-refractivity contribution < 1.29 is 9.00 Å².